The number of hydrogen-bond donors (Lipinski definition) is 1. The number of fused-ring (bicyclic) bond motifs is 1. The number of carbonyl (C=O) groups is 2. The Labute approximate surface area is 150 Å². The van der Waals surface area contributed by atoms with E-state index in [0.29, 0.717) is 12.0 Å². The van der Waals surface area contributed by atoms with Crippen molar-refractivity contribution >= 4 is 11.9 Å². The third-order valence-electron chi connectivity index (χ3n) is 6.58. The van der Waals surface area contributed by atoms with Gasteiger partial charge in [0.15, 0.2) is 6.10 Å². The first-order valence-electron chi connectivity index (χ1n) is 9.02. The van der Waals surface area contributed by atoms with Crippen molar-refractivity contribution in [2.75, 3.05) is 6.61 Å². The molecule has 2 aliphatic carbocycles. The van der Waals surface area contributed by atoms with Crippen LogP contribution in [0.25, 0.3) is 0 Å². The molecule has 136 valence electrons. The number of rotatable bonds is 1. The summed E-state index contributed by atoms with van der Waals surface area (Å²) in [7, 11) is 0. The molecule has 6 nitrogen and oxygen atoms in total. The van der Waals surface area contributed by atoms with Crippen LogP contribution in [0.2, 0.25) is 0 Å². The number of cyclic esters (lactones) is 2. The van der Waals surface area contributed by atoms with Crippen molar-refractivity contribution in [2.45, 2.75) is 38.4 Å². The molecule has 26 heavy (non-hydrogen) atoms. The number of furan rings is 1. The summed E-state index contributed by atoms with van der Waals surface area (Å²) in [4.78, 5) is 24.9. The number of carbonyl (C=O) groups excluding carboxylic acids is 2. The molecule has 3 heterocycles. The highest BCUT2D eigenvalue weighted by Crippen LogP contribution is 2.58. The highest BCUT2D eigenvalue weighted by Gasteiger charge is 2.59. The Morgan fingerprint density at radius 2 is 2.15 bits per heavy atom. The lowest BCUT2D eigenvalue weighted by atomic mass is 9.62. The molecule has 0 bridgehead atoms. The summed E-state index contributed by atoms with van der Waals surface area (Å²) in [6, 6.07) is 1.78. The van der Waals surface area contributed by atoms with Crippen LogP contribution in [0.15, 0.2) is 45.8 Å². The van der Waals surface area contributed by atoms with E-state index in [0.717, 1.165) is 29.6 Å². The van der Waals surface area contributed by atoms with Gasteiger partial charge in [0.05, 0.1) is 18.6 Å². The SMILES string of the molecule is CC1=C2C(C(=O)O[C@H]2c2ccoc2)[C@@H](O)C[C@@]23COC(=O)C2=CCC[C@H]13. The van der Waals surface area contributed by atoms with Gasteiger partial charge in [0.25, 0.3) is 0 Å². The first kappa shape index (κ1) is 15.9. The van der Waals surface area contributed by atoms with Crippen molar-refractivity contribution in [1.82, 2.24) is 0 Å². The molecule has 5 rings (SSSR count). The Bertz CT molecular complexity index is 848. The normalized spacial score (nSPS) is 38.8. The summed E-state index contributed by atoms with van der Waals surface area (Å²) in [6.45, 7) is 2.27. The van der Waals surface area contributed by atoms with E-state index in [1.165, 1.54) is 0 Å². The standard InChI is InChI=1S/C20H20O6/c1-10-12-3-2-4-13-18(22)25-9-20(12,13)7-14(21)16-15(10)17(26-19(16)23)11-5-6-24-8-11/h4-6,8,12,14,16-17,21H,2-3,7,9H2,1H3/t12-,14+,16?,17+,20+/m1/s1. The molecule has 1 unspecified atom stereocenters. The van der Waals surface area contributed by atoms with E-state index in [2.05, 4.69) is 0 Å². The maximum atomic E-state index is 12.6. The molecule has 2 aliphatic heterocycles. The molecule has 1 N–H and O–H groups in total. The number of aliphatic hydroxyl groups is 1. The fraction of sp³-hybridized carbons (Fsp3) is 0.500. The van der Waals surface area contributed by atoms with Crippen molar-refractivity contribution in [3.8, 4) is 0 Å². The molecule has 1 spiro atoms. The third kappa shape index (κ3) is 1.91. The fourth-order valence-electron chi connectivity index (χ4n) is 5.46. The molecule has 5 atom stereocenters. The lowest BCUT2D eigenvalue weighted by Gasteiger charge is -2.39. The molecule has 0 saturated carbocycles. The van der Waals surface area contributed by atoms with Crippen LogP contribution in [0.5, 0.6) is 0 Å². The van der Waals surface area contributed by atoms with Crippen LogP contribution < -0.4 is 0 Å². The Morgan fingerprint density at radius 1 is 1.31 bits per heavy atom. The maximum Gasteiger partial charge on any atom is 0.334 e. The Hall–Kier alpha value is -2.34. The summed E-state index contributed by atoms with van der Waals surface area (Å²) in [6.07, 6.45) is 5.59. The van der Waals surface area contributed by atoms with Gasteiger partial charge in [0.1, 0.15) is 12.5 Å². The predicted molar refractivity (Wildman–Crippen MR) is 88.6 cm³/mol. The lowest BCUT2D eigenvalue weighted by molar-refractivity contribution is -0.147. The van der Waals surface area contributed by atoms with Crippen molar-refractivity contribution in [3.05, 3.63) is 47.0 Å². The summed E-state index contributed by atoms with van der Waals surface area (Å²) in [5.74, 6) is -1.36. The monoisotopic (exact) mass is 356 g/mol. The molecule has 2 fully saturated rings. The van der Waals surface area contributed by atoms with Gasteiger partial charge in [-0.15, -0.1) is 0 Å². The minimum Gasteiger partial charge on any atom is -0.472 e. The summed E-state index contributed by atoms with van der Waals surface area (Å²) in [5, 5.41) is 11.0. The van der Waals surface area contributed by atoms with Gasteiger partial charge in [-0.05, 0) is 43.7 Å². The van der Waals surface area contributed by atoms with Gasteiger partial charge >= 0.3 is 11.9 Å². The van der Waals surface area contributed by atoms with Crippen LogP contribution in [0.1, 0.15) is 37.9 Å². The highest BCUT2D eigenvalue weighted by molar-refractivity contribution is 5.93. The molecule has 1 aromatic heterocycles. The van der Waals surface area contributed by atoms with E-state index < -0.39 is 29.5 Å². The van der Waals surface area contributed by atoms with Crippen molar-refractivity contribution in [2.24, 2.45) is 17.3 Å². The second-order valence-corrected chi connectivity index (χ2v) is 7.74. The van der Waals surface area contributed by atoms with Gasteiger partial charge in [0, 0.05) is 16.6 Å². The molecule has 6 heteroatoms. The average Bonchev–Trinajstić information content (AvgIpc) is 3.31. The smallest absolute Gasteiger partial charge is 0.334 e. The number of allylic oxidation sites excluding steroid dienone is 2. The van der Waals surface area contributed by atoms with E-state index in [1.54, 1.807) is 18.6 Å². The average molecular weight is 356 g/mol. The van der Waals surface area contributed by atoms with Crippen LogP contribution in [0, 0.1) is 17.3 Å². The quantitative estimate of drug-likeness (QED) is 0.614. The van der Waals surface area contributed by atoms with E-state index >= 15 is 0 Å². The van der Waals surface area contributed by atoms with Crippen LogP contribution in [0.4, 0.5) is 0 Å². The lowest BCUT2D eigenvalue weighted by Crippen LogP contribution is -2.39. The van der Waals surface area contributed by atoms with Gasteiger partial charge < -0.3 is 19.0 Å². The number of aliphatic hydroxyl groups excluding tert-OH is 1. The minimum absolute atomic E-state index is 0.0486. The van der Waals surface area contributed by atoms with Crippen LogP contribution >= 0.6 is 0 Å². The molecule has 1 aromatic rings. The first-order chi connectivity index (χ1) is 12.5. The first-order valence-corrected chi connectivity index (χ1v) is 9.02. The topological polar surface area (TPSA) is 86.0 Å². The van der Waals surface area contributed by atoms with Crippen LogP contribution in [0.3, 0.4) is 0 Å². The molecular weight excluding hydrogens is 336 g/mol. The third-order valence-corrected chi connectivity index (χ3v) is 6.58. The van der Waals surface area contributed by atoms with Gasteiger partial charge in [-0.2, -0.15) is 0 Å². The van der Waals surface area contributed by atoms with E-state index in [9.17, 15) is 14.7 Å². The van der Waals surface area contributed by atoms with Crippen molar-refractivity contribution in [3.63, 3.8) is 0 Å². The maximum absolute atomic E-state index is 12.6. The van der Waals surface area contributed by atoms with Gasteiger partial charge in [-0.25, -0.2) is 4.79 Å². The zero-order chi connectivity index (χ0) is 18.1. The van der Waals surface area contributed by atoms with E-state index in [-0.39, 0.29) is 18.5 Å². The Kier molecular flexibility index (Phi) is 3.26. The van der Waals surface area contributed by atoms with E-state index in [1.807, 2.05) is 13.0 Å². The summed E-state index contributed by atoms with van der Waals surface area (Å²) >= 11 is 0. The molecule has 4 aliphatic rings. The fourth-order valence-corrected chi connectivity index (χ4v) is 5.46. The molecule has 0 aromatic carbocycles. The Balaban J connectivity index is 1.69. The summed E-state index contributed by atoms with van der Waals surface area (Å²) in [5.41, 5.74) is 2.75. The molecule has 0 radical (unpaired) electrons. The number of esters is 2. The molecular formula is C20H20O6. The van der Waals surface area contributed by atoms with Gasteiger partial charge in [0.2, 0.25) is 0 Å². The molecule has 0 amide bonds. The second-order valence-electron chi connectivity index (χ2n) is 7.74. The Morgan fingerprint density at radius 3 is 2.92 bits per heavy atom. The van der Waals surface area contributed by atoms with Crippen molar-refractivity contribution < 1.29 is 28.6 Å². The van der Waals surface area contributed by atoms with Gasteiger partial charge in [-0.1, -0.05) is 11.6 Å². The largest absolute Gasteiger partial charge is 0.472 e. The second kappa shape index (κ2) is 5.33. The van der Waals surface area contributed by atoms with E-state index in [4.69, 9.17) is 13.9 Å². The van der Waals surface area contributed by atoms with Gasteiger partial charge in [-0.3, -0.25) is 4.79 Å². The zero-order valence-corrected chi connectivity index (χ0v) is 14.4. The highest BCUT2D eigenvalue weighted by atomic mass is 16.6. The van der Waals surface area contributed by atoms with Crippen LogP contribution in [-0.2, 0) is 19.1 Å². The minimum atomic E-state index is -0.912. The zero-order valence-electron chi connectivity index (χ0n) is 14.4. The molecule has 2 saturated heterocycles. The van der Waals surface area contributed by atoms with Crippen molar-refractivity contribution in [1.29, 1.82) is 0 Å². The number of ether oxygens (including phenoxy) is 2. The number of hydrogen-bond acceptors (Lipinski definition) is 6. The predicted octanol–water partition coefficient (Wildman–Crippen LogP) is 2.45. The summed E-state index contributed by atoms with van der Waals surface area (Å²) < 4.78 is 16.2. The van der Waals surface area contributed by atoms with Crippen LogP contribution in [-0.4, -0.2) is 29.8 Å².